The van der Waals surface area contributed by atoms with Gasteiger partial charge < -0.3 is 10.5 Å². The van der Waals surface area contributed by atoms with E-state index in [0.29, 0.717) is 16.8 Å². The zero-order chi connectivity index (χ0) is 22.2. The molecule has 0 amide bonds. The lowest BCUT2D eigenvalue weighted by molar-refractivity contribution is 0.109. The maximum atomic E-state index is 15.0. The number of allylic oxidation sites excluding steroid dienone is 2. The van der Waals surface area contributed by atoms with Gasteiger partial charge >= 0.3 is 0 Å². The summed E-state index contributed by atoms with van der Waals surface area (Å²) in [7, 11) is -2.64. The van der Waals surface area contributed by atoms with Crippen LogP contribution in [-0.2, 0) is 14.8 Å². The van der Waals surface area contributed by atoms with Gasteiger partial charge in [0.25, 0.3) is 0 Å². The molecular formula is C21H25FN4O3S. The quantitative estimate of drug-likeness (QED) is 0.751. The van der Waals surface area contributed by atoms with Gasteiger partial charge in [0, 0.05) is 30.2 Å². The van der Waals surface area contributed by atoms with Gasteiger partial charge in [0.2, 0.25) is 15.0 Å². The van der Waals surface area contributed by atoms with Crippen LogP contribution in [0.5, 0.6) is 0 Å². The van der Waals surface area contributed by atoms with E-state index < -0.39 is 26.3 Å². The Bertz CT molecular complexity index is 1110. The van der Waals surface area contributed by atoms with Crippen LogP contribution in [0.15, 0.2) is 48.8 Å². The molecule has 1 heterocycles. The van der Waals surface area contributed by atoms with E-state index in [1.807, 2.05) is 0 Å². The number of anilines is 1. The number of rotatable bonds is 5. The molecule has 1 aliphatic carbocycles. The van der Waals surface area contributed by atoms with Crippen molar-refractivity contribution in [3.05, 3.63) is 60.2 Å². The molecule has 3 rings (SSSR count). The van der Waals surface area contributed by atoms with Crippen LogP contribution < -0.4 is 10.5 Å². The third-order valence-electron chi connectivity index (χ3n) is 4.63. The monoisotopic (exact) mass is 432 g/mol. The molecule has 0 radical (unpaired) electrons. The maximum absolute atomic E-state index is 15.0. The Balaban J connectivity index is 2.08. The van der Waals surface area contributed by atoms with Crippen LogP contribution in [-0.4, -0.2) is 36.0 Å². The smallest absolute Gasteiger partial charge is 0.246 e. The van der Waals surface area contributed by atoms with Crippen molar-refractivity contribution in [3.63, 3.8) is 0 Å². The SMILES string of the molecule is COC1(S(=O)(=O)NC(C)(C)C)CC=CC=C1c1ccc(-c2cnc(N)cn2)c(F)c1. The first kappa shape index (κ1) is 22.1. The van der Waals surface area contributed by atoms with Gasteiger partial charge in [-0.15, -0.1) is 0 Å². The first-order valence-corrected chi connectivity index (χ1v) is 10.8. The zero-order valence-electron chi connectivity index (χ0n) is 17.3. The summed E-state index contributed by atoms with van der Waals surface area (Å²) in [4.78, 5) is 6.33. The second-order valence-corrected chi connectivity index (χ2v) is 9.92. The lowest BCUT2D eigenvalue weighted by Gasteiger charge is -2.37. The number of nitrogens with one attached hydrogen (secondary N) is 1. The number of nitrogens with two attached hydrogens (primary N) is 1. The summed E-state index contributed by atoms with van der Waals surface area (Å²) in [6, 6.07) is 4.45. The summed E-state index contributed by atoms with van der Waals surface area (Å²) in [6.45, 7) is 5.24. The van der Waals surface area contributed by atoms with E-state index in [9.17, 15) is 12.8 Å². The minimum Gasteiger partial charge on any atom is -0.382 e. The summed E-state index contributed by atoms with van der Waals surface area (Å²) in [5, 5.41) is 0. The molecule has 1 atom stereocenters. The van der Waals surface area contributed by atoms with Crippen LogP contribution in [0.3, 0.4) is 0 Å². The topological polar surface area (TPSA) is 107 Å². The van der Waals surface area contributed by atoms with Crippen molar-refractivity contribution in [1.29, 1.82) is 0 Å². The Morgan fingerprint density at radius 3 is 2.53 bits per heavy atom. The molecule has 9 heteroatoms. The molecule has 3 N–H and O–H groups in total. The van der Waals surface area contributed by atoms with Crippen LogP contribution in [0.2, 0.25) is 0 Å². The van der Waals surface area contributed by atoms with Gasteiger partial charge in [-0.1, -0.05) is 24.3 Å². The first-order valence-electron chi connectivity index (χ1n) is 9.33. The van der Waals surface area contributed by atoms with Crippen molar-refractivity contribution < 1.29 is 17.5 Å². The number of benzene rings is 1. The van der Waals surface area contributed by atoms with Crippen molar-refractivity contribution in [2.24, 2.45) is 0 Å². The van der Waals surface area contributed by atoms with Gasteiger partial charge in [-0.3, -0.25) is 4.98 Å². The average Bonchev–Trinajstić information content (AvgIpc) is 2.66. The van der Waals surface area contributed by atoms with E-state index in [1.54, 1.807) is 45.1 Å². The largest absolute Gasteiger partial charge is 0.382 e. The van der Waals surface area contributed by atoms with E-state index in [2.05, 4.69) is 14.7 Å². The molecule has 7 nitrogen and oxygen atoms in total. The Morgan fingerprint density at radius 1 is 1.23 bits per heavy atom. The lowest BCUT2D eigenvalue weighted by Crippen LogP contribution is -2.54. The third-order valence-corrected chi connectivity index (χ3v) is 6.93. The highest BCUT2D eigenvalue weighted by molar-refractivity contribution is 7.91. The molecule has 1 aromatic heterocycles. The van der Waals surface area contributed by atoms with Gasteiger partial charge in [-0.2, -0.15) is 0 Å². The summed E-state index contributed by atoms with van der Waals surface area (Å²) in [6.07, 6.45) is 7.89. The molecule has 0 bridgehead atoms. The molecule has 1 unspecified atom stereocenters. The second kappa shape index (κ2) is 7.90. The number of nitrogen functional groups attached to an aromatic ring is 1. The van der Waals surface area contributed by atoms with Crippen molar-refractivity contribution in [2.75, 3.05) is 12.8 Å². The molecule has 0 aliphatic heterocycles. The molecule has 1 aromatic carbocycles. The van der Waals surface area contributed by atoms with E-state index >= 15 is 0 Å². The summed E-state index contributed by atoms with van der Waals surface area (Å²) in [5.74, 6) is -0.329. The van der Waals surface area contributed by atoms with Gasteiger partial charge in [0.1, 0.15) is 11.6 Å². The number of sulfonamides is 1. The van der Waals surface area contributed by atoms with Gasteiger partial charge in [0.05, 0.1) is 18.1 Å². The van der Waals surface area contributed by atoms with Crippen molar-refractivity contribution >= 4 is 21.4 Å². The minimum atomic E-state index is -3.98. The number of nitrogens with zero attached hydrogens (tertiary/aromatic N) is 2. The number of halogens is 1. The van der Waals surface area contributed by atoms with E-state index in [1.165, 1.54) is 31.6 Å². The van der Waals surface area contributed by atoms with Gasteiger partial charge in [0.15, 0.2) is 0 Å². The number of aromatic nitrogens is 2. The maximum Gasteiger partial charge on any atom is 0.246 e. The van der Waals surface area contributed by atoms with Crippen LogP contribution in [0.4, 0.5) is 10.2 Å². The fourth-order valence-corrected chi connectivity index (χ4v) is 5.33. The highest BCUT2D eigenvalue weighted by atomic mass is 32.2. The Hall–Kier alpha value is -2.62. The molecule has 0 saturated carbocycles. The van der Waals surface area contributed by atoms with Crippen molar-refractivity contribution in [2.45, 2.75) is 37.7 Å². The normalized spacial score (nSPS) is 19.6. The highest BCUT2D eigenvalue weighted by Crippen LogP contribution is 2.41. The molecule has 0 saturated heterocycles. The minimum absolute atomic E-state index is 0.0908. The molecule has 0 fully saturated rings. The number of hydrogen-bond donors (Lipinski definition) is 2. The predicted molar refractivity (Wildman–Crippen MR) is 115 cm³/mol. The van der Waals surface area contributed by atoms with Crippen LogP contribution in [0.25, 0.3) is 16.8 Å². The molecular weight excluding hydrogens is 407 g/mol. The Morgan fingerprint density at radius 2 is 1.97 bits per heavy atom. The number of hydrogen-bond acceptors (Lipinski definition) is 6. The average molecular weight is 433 g/mol. The summed E-state index contributed by atoms with van der Waals surface area (Å²) in [5.41, 5.74) is 6.12. The van der Waals surface area contributed by atoms with E-state index in [0.717, 1.165) is 0 Å². The first-order chi connectivity index (χ1) is 14.0. The fraction of sp³-hybridized carbons (Fsp3) is 0.333. The molecule has 0 spiro atoms. The van der Waals surface area contributed by atoms with Crippen LogP contribution in [0, 0.1) is 5.82 Å². The Kier molecular flexibility index (Phi) is 5.81. The second-order valence-electron chi connectivity index (χ2n) is 8.05. The number of methoxy groups -OCH3 is 1. The predicted octanol–water partition coefficient (Wildman–Crippen LogP) is 3.27. The third kappa shape index (κ3) is 4.14. The van der Waals surface area contributed by atoms with E-state index in [4.69, 9.17) is 10.5 Å². The lowest BCUT2D eigenvalue weighted by atomic mass is 9.92. The molecule has 160 valence electrons. The molecule has 30 heavy (non-hydrogen) atoms. The van der Waals surface area contributed by atoms with Crippen molar-refractivity contribution in [3.8, 4) is 11.3 Å². The van der Waals surface area contributed by atoms with Crippen molar-refractivity contribution in [1.82, 2.24) is 14.7 Å². The Labute approximate surface area is 175 Å². The standard InChI is InChI=1S/C21H25FN4O3S/c1-20(2,3)26-30(27,28)21(29-4)10-6-5-7-16(21)14-8-9-15(17(22)11-14)18-12-25-19(23)13-24-18/h5-9,11-13,26H,10H2,1-4H3,(H2,23,25). The van der Waals surface area contributed by atoms with Gasteiger partial charge in [-0.25, -0.2) is 22.5 Å². The van der Waals surface area contributed by atoms with E-state index in [-0.39, 0.29) is 17.8 Å². The summed E-state index contributed by atoms with van der Waals surface area (Å²) >= 11 is 0. The number of ether oxygens (including phenoxy) is 1. The van der Waals surface area contributed by atoms with Gasteiger partial charge in [-0.05, 0) is 38.5 Å². The zero-order valence-corrected chi connectivity index (χ0v) is 18.1. The molecule has 1 aliphatic rings. The van der Waals surface area contributed by atoms with Crippen LogP contribution in [0.1, 0.15) is 32.8 Å². The fourth-order valence-electron chi connectivity index (χ4n) is 3.35. The van der Waals surface area contributed by atoms with Crippen LogP contribution >= 0.6 is 0 Å². The summed E-state index contributed by atoms with van der Waals surface area (Å²) < 4.78 is 49.8. The highest BCUT2D eigenvalue weighted by Gasteiger charge is 2.49. The molecule has 2 aromatic rings.